The standard InChI is InChI=1S/C18H21NO4/c20-17(19-9-7-18(8-10-19)21-11-12-22-18)6-5-15-13-14-3-1-2-4-16(14)23-15/h1-4,13H,5-12H2. The van der Waals surface area contributed by atoms with Crippen LogP contribution in [-0.4, -0.2) is 42.9 Å². The molecule has 122 valence electrons. The van der Waals surface area contributed by atoms with E-state index in [1.807, 2.05) is 35.2 Å². The summed E-state index contributed by atoms with van der Waals surface area (Å²) in [6.45, 7) is 2.75. The molecule has 1 spiro atoms. The Morgan fingerprint density at radius 2 is 1.87 bits per heavy atom. The largest absolute Gasteiger partial charge is 0.461 e. The zero-order valence-corrected chi connectivity index (χ0v) is 13.1. The molecule has 4 rings (SSSR count). The number of nitrogens with zero attached hydrogens (tertiary/aromatic N) is 1. The summed E-state index contributed by atoms with van der Waals surface area (Å²) in [6.07, 6.45) is 2.66. The highest BCUT2D eigenvalue weighted by Crippen LogP contribution is 2.31. The summed E-state index contributed by atoms with van der Waals surface area (Å²) in [4.78, 5) is 14.3. The van der Waals surface area contributed by atoms with E-state index in [9.17, 15) is 4.79 Å². The molecular weight excluding hydrogens is 294 g/mol. The molecule has 0 radical (unpaired) electrons. The summed E-state index contributed by atoms with van der Waals surface area (Å²) in [5.74, 6) is 0.629. The van der Waals surface area contributed by atoms with Crippen molar-refractivity contribution in [2.45, 2.75) is 31.5 Å². The van der Waals surface area contributed by atoms with Gasteiger partial charge in [0.2, 0.25) is 5.91 Å². The monoisotopic (exact) mass is 315 g/mol. The Hall–Kier alpha value is -1.85. The van der Waals surface area contributed by atoms with Crippen molar-refractivity contribution in [3.63, 3.8) is 0 Å². The number of furan rings is 1. The van der Waals surface area contributed by atoms with Gasteiger partial charge in [0.25, 0.3) is 0 Å². The van der Waals surface area contributed by atoms with Crippen molar-refractivity contribution in [1.82, 2.24) is 4.90 Å². The molecule has 2 aliphatic rings. The number of rotatable bonds is 3. The average molecular weight is 315 g/mol. The van der Waals surface area contributed by atoms with Gasteiger partial charge in [-0.15, -0.1) is 0 Å². The molecule has 2 aromatic rings. The first-order valence-electron chi connectivity index (χ1n) is 8.27. The van der Waals surface area contributed by atoms with Gasteiger partial charge in [0.05, 0.1) is 13.2 Å². The molecule has 0 saturated carbocycles. The molecule has 0 N–H and O–H groups in total. The van der Waals surface area contributed by atoms with Crippen LogP contribution in [0.4, 0.5) is 0 Å². The quantitative estimate of drug-likeness (QED) is 0.874. The molecule has 0 unspecified atom stereocenters. The second kappa shape index (κ2) is 5.98. The maximum atomic E-state index is 12.4. The number of piperidine rings is 1. The third-order valence-electron chi connectivity index (χ3n) is 4.75. The zero-order chi connectivity index (χ0) is 15.7. The highest BCUT2D eigenvalue weighted by molar-refractivity contribution is 5.79. The second-order valence-corrected chi connectivity index (χ2v) is 6.24. The average Bonchev–Trinajstić information content (AvgIpc) is 3.20. The van der Waals surface area contributed by atoms with Crippen LogP contribution in [0.1, 0.15) is 25.0 Å². The Bertz CT molecular complexity index is 659. The van der Waals surface area contributed by atoms with Crippen LogP contribution in [0.3, 0.4) is 0 Å². The van der Waals surface area contributed by atoms with Crippen molar-refractivity contribution >= 4 is 16.9 Å². The summed E-state index contributed by atoms with van der Waals surface area (Å²) in [6, 6.07) is 9.94. The van der Waals surface area contributed by atoms with Crippen molar-refractivity contribution in [3.05, 3.63) is 36.1 Å². The predicted octanol–water partition coefficient (Wildman–Crippen LogP) is 2.73. The minimum absolute atomic E-state index is 0.179. The highest BCUT2D eigenvalue weighted by atomic mass is 16.7. The van der Waals surface area contributed by atoms with Gasteiger partial charge in [-0.1, -0.05) is 18.2 Å². The van der Waals surface area contributed by atoms with Crippen molar-refractivity contribution in [1.29, 1.82) is 0 Å². The van der Waals surface area contributed by atoms with Crippen LogP contribution in [-0.2, 0) is 20.7 Å². The van der Waals surface area contributed by atoms with Gasteiger partial charge >= 0.3 is 0 Å². The SMILES string of the molecule is O=C(CCc1cc2ccccc2o1)N1CCC2(CC1)OCCO2. The lowest BCUT2D eigenvalue weighted by molar-refractivity contribution is -0.187. The minimum atomic E-state index is -0.421. The summed E-state index contributed by atoms with van der Waals surface area (Å²) in [7, 11) is 0. The lowest BCUT2D eigenvalue weighted by Gasteiger charge is -2.37. The summed E-state index contributed by atoms with van der Waals surface area (Å²) in [5, 5.41) is 1.09. The lowest BCUT2D eigenvalue weighted by atomic mass is 10.0. The Balaban J connectivity index is 1.32. The number of hydrogen-bond donors (Lipinski definition) is 0. The smallest absolute Gasteiger partial charge is 0.223 e. The maximum Gasteiger partial charge on any atom is 0.223 e. The molecule has 3 heterocycles. The number of fused-ring (bicyclic) bond motifs is 1. The van der Waals surface area contributed by atoms with Crippen LogP contribution < -0.4 is 0 Å². The first kappa shape index (κ1) is 14.7. The van der Waals surface area contributed by atoms with E-state index in [-0.39, 0.29) is 5.91 Å². The molecular formula is C18H21NO4. The van der Waals surface area contributed by atoms with E-state index < -0.39 is 5.79 Å². The van der Waals surface area contributed by atoms with Crippen LogP contribution in [0.25, 0.3) is 11.0 Å². The van der Waals surface area contributed by atoms with Crippen LogP contribution >= 0.6 is 0 Å². The molecule has 2 aliphatic heterocycles. The van der Waals surface area contributed by atoms with E-state index >= 15 is 0 Å². The maximum absolute atomic E-state index is 12.4. The van der Waals surface area contributed by atoms with E-state index in [1.165, 1.54) is 0 Å². The Kier molecular flexibility index (Phi) is 3.83. The summed E-state index contributed by atoms with van der Waals surface area (Å²) in [5.41, 5.74) is 0.880. The molecule has 0 bridgehead atoms. The number of ether oxygens (including phenoxy) is 2. The van der Waals surface area contributed by atoms with Gasteiger partial charge in [-0.2, -0.15) is 0 Å². The zero-order valence-electron chi connectivity index (χ0n) is 13.1. The van der Waals surface area contributed by atoms with E-state index in [2.05, 4.69) is 0 Å². The van der Waals surface area contributed by atoms with E-state index in [0.29, 0.717) is 39.1 Å². The van der Waals surface area contributed by atoms with Gasteiger partial charge in [-0.3, -0.25) is 4.79 Å². The summed E-state index contributed by atoms with van der Waals surface area (Å²) >= 11 is 0. The van der Waals surface area contributed by atoms with Crippen molar-refractivity contribution < 1.29 is 18.7 Å². The number of para-hydroxylation sites is 1. The molecule has 0 atom stereocenters. The van der Waals surface area contributed by atoms with Gasteiger partial charge in [0.15, 0.2) is 5.79 Å². The number of aryl methyl sites for hydroxylation is 1. The van der Waals surface area contributed by atoms with Crippen molar-refractivity contribution in [2.24, 2.45) is 0 Å². The first-order chi connectivity index (χ1) is 11.2. The van der Waals surface area contributed by atoms with Crippen molar-refractivity contribution in [3.8, 4) is 0 Å². The molecule has 1 aromatic heterocycles. The third kappa shape index (κ3) is 2.99. The molecule has 5 nitrogen and oxygen atoms in total. The molecule has 23 heavy (non-hydrogen) atoms. The number of carbonyl (C=O) groups excluding carboxylic acids is 1. The number of carbonyl (C=O) groups is 1. The van der Waals surface area contributed by atoms with E-state index in [1.54, 1.807) is 0 Å². The van der Waals surface area contributed by atoms with Gasteiger partial charge in [-0.25, -0.2) is 0 Å². The van der Waals surface area contributed by atoms with Crippen LogP contribution in [0.2, 0.25) is 0 Å². The van der Waals surface area contributed by atoms with E-state index in [4.69, 9.17) is 13.9 Å². The number of likely N-dealkylation sites (tertiary alicyclic amines) is 1. The van der Waals surface area contributed by atoms with Crippen LogP contribution in [0.5, 0.6) is 0 Å². The normalized spacial score (nSPS) is 20.4. The number of amides is 1. The second-order valence-electron chi connectivity index (χ2n) is 6.24. The molecule has 2 saturated heterocycles. The lowest BCUT2D eigenvalue weighted by Crippen LogP contribution is -2.47. The third-order valence-corrected chi connectivity index (χ3v) is 4.75. The molecule has 1 amide bonds. The van der Waals surface area contributed by atoms with Gasteiger partial charge in [0, 0.05) is 44.2 Å². The minimum Gasteiger partial charge on any atom is -0.461 e. The van der Waals surface area contributed by atoms with Gasteiger partial charge < -0.3 is 18.8 Å². The Morgan fingerprint density at radius 3 is 2.61 bits per heavy atom. The Labute approximate surface area is 135 Å². The molecule has 1 aromatic carbocycles. The van der Waals surface area contributed by atoms with Gasteiger partial charge in [0.1, 0.15) is 11.3 Å². The highest BCUT2D eigenvalue weighted by Gasteiger charge is 2.40. The summed E-state index contributed by atoms with van der Waals surface area (Å²) < 4.78 is 17.2. The molecule has 0 aliphatic carbocycles. The number of benzene rings is 1. The number of hydrogen-bond acceptors (Lipinski definition) is 4. The van der Waals surface area contributed by atoms with Crippen LogP contribution in [0.15, 0.2) is 34.7 Å². The molecule has 2 fully saturated rings. The predicted molar refractivity (Wildman–Crippen MR) is 85.0 cm³/mol. The first-order valence-corrected chi connectivity index (χ1v) is 8.27. The fourth-order valence-electron chi connectivity index (χ4n) is 3.43. The van der Waals surface area contributed by atoms with E-state index in [0.717, 1.165) is 29.6 Å². The van der Waals surface area contributed by atoms with Crippen LogP contribution in [0, 0.1) is 0 Å². The Morgan fingerprint density at radius 1 is 1.13 bits per heavy atom. The topological polar surface area (TPSA) is 51.9 Å². The van der Waals surface area contributed by atoms with Gasteiger partial charge in [-0.05, 0) is 12.1 Å². The molecule has 5 heteroatoms. The van der Waals surface area contributed by atoms with Crippen molar-refractivity contribution in [2.75, 3.05) is 26.3 Å². The fraction of sp³-hybridized carbons (Fsp3) is 0.500. The fourth-order valence-corrected chi connectivity index (χ4v) is 3.43.